The molecule has 0 heterocycles. The van der Waals surface area contributed by atoms with Gasteiger partial charge in [-0.05, 0) is 51.8 Å². The Morgan fingerprint density at radius 2 is 1.95 bits per heavy atom. The van der Waals surface area contributed by atoms with E-state index in [0.29, 0.717) is 16.8 Å². The van der Waals surface area contributed by atoms with Crippen LogP contribution in [0.5, 0.6) is 5.75 Å². The molecule has 0 aliphatic heterocycles. The average molecular weight is 353 g/mol. The van der Waals surface area contributed by atoms with Gasteiger partial charge in [-0.15, -0.1) is 0 Å². The lowest BCUT2D eigenvalue weighted by molar-refractivity contribution is -0.119. The largest absolute Gasteiger partial charge is 0.484 e. The van der Waals surface area contributed by atoms with E-state index in [9.17, 15) is 9.18 Å². The molecule has 0 aliphatic carbocycles. The van der Waals surface area contributed by atoms with Gasteiger partial charge in [0.05, 0.1) is 0 Å². The predicted octanol–water partition coefficient (Wildman–Crippen LogP) is 3.06. The summed E-state index contributed by atoms with van der Waals surface area (Å²) in [6, 6.07) is 11.8. The zero-order valence-corrected chi connectivity index (χ0v) is 12.7. The fourth-order valence-corrected chi connectivity index (χ4v) is 2.18. The average Bonchev–Trinajstić information content (AvgIpc) is 2.45. The van der Waals surface area contributed by atoms with Crippen LogP contribution in [0.1, 0.15) is 5.56 Å². The fourth-order valence-electron chi connectivity index (χ4n) is 1.69. The second-order valence-electron chi connectivity index (χ2n) is 4.38. The number of ether oxygens (including phenoxy) is 1. The first-order chi connectivity index (χ1) is 10.0. The maximum absolute atomic E-state index is 13.0. The zero-order chi connectivity index (χ0) is 15.2. The molecule has 0 saturated heterocycles. The molecule has 0 unspecified atom stereocenters. The highest BCUT2D eigenvalue weighted by Crippen LogP contribution is 2.23. The van der Waals surface area contributed by atoms with Crippen LogP contribution in [-0.4, -0.2) is 12.5 Å². The van der Waals surface area contributed by atoms with Crippen LogP contribution in [0, 0.1) is 5.82 Å². The Balaban J connectivity index is 1.92. The lowest BCUT2D eigenvalue weighted by atomic mass is 10.2. The molecule has 4 nitrogen and oxygen atoms in total. The summed E-state index contributed by atoms with van der Waals surface area (Å²) in [5.74, 6) is -0.217. The molecule has 6 heteroatoms. The highest BCUT2D eigenvalue weighted by molar-refractivity contribution is 9.10. The maximum Gasteiger partial charge on any atom is 0.255 e. The van der Waals surface area contributed by atoms with Crippen LogP contribution in [0.15, 0.2) is 46.9 Å². The molecule has 1 amide bonds. The van der Waals surface area contributed by atoms with Gasteiger partial charge in [0.15, 0.2) is 6.61 Å². The number of carbonyl (C=O) groups is 1. The van der Waals surface area contributed by atoms with E-state index in [2.05, 4.69) is 21.2 Å². The van der Waals surface area contributed by atoms with Crippen LogP contribution in [-0.2, 0) is 11.3 Å². The van der Waals surface area contributed by atoms with Crippen molar-refractivity contribution >= 4 is 27.5 Å². The third-order valence-corrected chi connectivity index (χ3v) is 3.37. The molecule has 0 atom stereocenters. The molecule has 0 aliphatic rings. The van der Waals surface area contributed by atoms with Gasteiger partial charge in [0, 0.05) is 16.7 Å². The molecule has 3 N–H and O–H groups in total. The van der Waals surface area contributed by atoms with E-state index in [1.165, 1.54) is 12.1 Å². The van der Waals surface area contributed by atoms with Gasteiger partial charge in [0.2, 0.25) is 0 Å². The van der Waals surface area contributed by atoms with Gasteiger partial charge in [-0.1, -0.05) is 12.1 Å². The van der Waals surface area contributed by atoms with E-state index >= 15 is 0 Å². The maximum atomic E-state index is 13.0. The summed E-state index contributed by atoms with van der Waals surface area (Å²) in [7, 11) is 0. The normalized spacial score (nSPS) is 10.2. The first kappa shape index (κ1) is 15.3. The SMILES string of the molecule is NC(=O)COc1ccc(CNc2ccc(F)cc2Br)cc1. The fraction of sp³-hybridized carbons (Fsp3) is 0.133. The molecular formula is C15H14BrFN2O2. The Hall–Kier alpha value is -2.08. The summed E-state index contributed by atoms with van der Waals surface area (Å²) in [4.78, 5) is 10.6. The molecule has 0 aromatic heterocycles. The number of benzene rings is 2. The van der Waals surface area contributed by atoms with Gasteiger partial charge in [0.1, 0.15) is 11.6 Å². The van der Waals surface area contributed by atoms with Crippen LogP contribution < -0.4 is 15.8 Å². The number of halogens is 2. The van der Waals surface area contributed by atoms with E-state index in [1.807, 2.05) is 12.1 Å². The van der Waals surface area contributed by atoms with Crippen molar-refractivity contribution in [3.8, 4) is 5.75 Å². The summed E-state index contributed by atoms with van der Waals surface area (Å²) in [5.41, 5.74) is 6.84. The van der Waals surface area contributed by atoms with Gasteiger partial charge in [-0.25, -0.2) is 4.39 Å². The number of amides is 1. The van der Waals surface area contributed by atoms with E-state index in [0.717, 1.165) is 11.3 Å². The van der Waals surface area contributed by atoms with Crippen molar-refractivity contribution in [3.05, 3.63) is 58.3 Å². The van der Waals surface area contributed by atoms with Crippen LogP contribution >= 0.6 is 15.9 Å². The van der Waals surface area contributed by atoms with Gasteiger partial charge in [0.25, 0.3) is 5.91 Å². The van der Waals surface area contributed by atoms with Crippen molar-refractivity contribution in [2.75, 3.05) is 11.9 Å². The number of carbonyl (C=O) groups excluding carboxylic acids is 1. The van der Waals surface area contributed by atoms with E-state index in [1.54, 1.807) is 18.2 Å². The summed E-state index contributed by atoms with van der Waals surface area (Å²) >= 11 is 3.30. The number of nitrogens with two attached hydrogens (primary N) is 1. The number of primary amides is 1. The summed E-state index contributed by atoms with van der Waals surface area (Å²) < 4.78 is 18.8. The predicted molar refractivity (Wildman–Crippen MR) is 82.6 cm³/mol. The van der Waals surface area contributed by atoms with Crippen molar-refractivity contribution in [2.45, 2.75) is 6.54 Å². The second kappa shape index (κ2) is 7.08. The summed E-state index contributed by atoms with van der Waals surface area (Å²) in [6.45, 7) is 0.445. The lowest BCUT2D eigenvalue weighted by Gasteiger charge is -2.09. The second-order valence-corrected chi connectivity index (χ2v) is 5.23. The highest BCUT2D eigenvalue weighted by Gasteiger charge is 2.02. The van der Waals surface area contributed by atoms with Crippen molar-refractivity contribution in [3.63, 3.8) is 0 Å². The third kappa shape index (κ3) is 4.75. The van der Waals surface area contributed by atoms with Gasteiger partial charge >= 0.3 is 0 Å². The Morgan fingerprint density at radius 1 is 1.24 bits per heavy atom. The molecule has 0 saturated carbocycles. The topological polar surface area (TPSA) is 64.4 Å². The Morgan fingerprint density at radius 3 is 2.57 bits per heavy atom. The Kier molecular flexibility index (Phi) is 5.16. The number of hydrogen-bond donors (Lipinski definition) is 2. The standard InChI is InChI=1S/C15H14BrFN2O2/c16-13-7-11(17)3-6-14(13)19-8-10-1-4-12(5-2-10)21-9-15(18)20/h1-7,19H,8-9H2,(H2,18,20). The van der Waals surface area contributed by atoms with Crippen LogP contribution in [0.2, 0.25) is 0 Å². The monoisotopic (exact) mass is 352 g/mol. The Labute approximate surface area is 130 Å². The van der Waals surface area contributed by atoms with Crippen LogP contribution in [0.3, 0.4) is 0 Å². The molecular weight excluding hydrogens is 339 g/mol. The smallest absolute Gasteiger partial charge is 0.255 e. The third-order valence-electron chi connectivity index (χ3n) is 2.72. The van der Waals surface area contributed by atoms with Crippen molar-refractivity contribution < 1.29 is 13.9 Å². The molecule has 110 valence electrons. The van der Waals surface area contributed by atoms with Crippen LogP contribution in [0.4, 0.5) is 10.1 Å². The molecule has 2 aromatic rings. The number of hydrogen-bond acceptors (Lipinski definition) is 3. The first-order valence-electron chi connectivity index (χ1n) is 6.23. The minimum atomic E-state index is -0.512. The van der Waals surface area contributed by atoms with Crippen molar-refractivity contribution in [1.82, 2.24) is 0 Å². The quantitative estimate of drug-likeness (QED) is 0.839. The van der Waals surface area contributed by atoms with Gasteiger partial charge in [-0.2, -0.15) is 0 Å². The lowest BCUT2D eigenvalue weighted by Crippen LogP contribution is -2.19. The minimum Gasteiger partial charge on any atom is -0.484 e. The zero-order valence-electron chi connectivity index (χ0n) is 11.1. The number of nitrogens with one attached hydrogen (secondary N) is 1. The van der Waals surface area contributed by atoms with Crippen LogP contribution in [0.25, 0.3) is 0 Å². The van der Waals surface area contributed by atoms with Gasteiger partial charge in [-0.3, -0.25) is 4.79 Å². The highest BCUT2D eigenvalue weighted by atomic mass is 79.9. The summed E-state index contributed by atoms with van der Waals surface area (Å²) in [5, 5.41) is 3.20. The molecule has 0 fully saturated rings. The molecule has 0 spiro atoms. The molecule has 2 aromatic carbocycles. The molecule has 0 radical (unpaired) electrons. The minimum absolute atomic E-state index is 0.139. The number of rotatable bonds is 6. The van der Waals surface area contributed by atoms with E-state index < -0.39 is 5.91 Å². The Bertz CT molecular complexity index is 632. The van der Waals surface area contributed by atoms with Crippen molar-refractivity contribution in [1.29, 1.82) is 0 Å². The molecule has 21 heavy (non-hydrogen) atoms. The van der Waals surface area contributed by atoms with Crippen molar-refractivity contribution in [2.24, 2.45) is 5.73 Å². The van der Waals surface area contributed by atoms with E-state index in [4.69, 9.17) is 10.5 Å². The molecule has 0 bridgehead atoms. The molecule has 2 rings (SSSR count). The van der Waals surface area contributed by atoms with E-state index in [-0.39, 0.29) is 12.4 Å². The summed E-state index contributed by atoms with van der Waals surface area (Å²) in [6.07, 6.45) is 0. The first-order valence-corrected chi connectivity index (χ1v) is 7.03. The number of anilines is 1. The van der Waals surface area contributed by atoms with Gasteiger partial charge < -0.3 is 15.8 Å².